The number of hydrogen-bond donors (Lipinski definition) is 4. The van der Waals surface area contributed by atoms with E-state index in [1.165, 1.54) is 13.2 Å². The summed E-state index contributed by atoms with van der Waals surface area (Å²) in [7, 11) is 1.41. The zero-order valence-electron chi connectivity index (χ0n) is 16.4. The SMILES string of the molecule is COc1cc([C@H]2NC(=O)NC(C)=C2C(=O)Nc2ccccc2)ccc1OCC(=O)O. The highest BCUT2D eigenvalue weighted by atomic mass is 16.5. The summed E-state index contributed by atoms with van der Waals surface area (Å²) in [5, 5.41) is 17.0. The van der Waals surface area contributed by atoms with E-state index in [9.17, 15) is 14.4 Å². The van der Waals surface area contributed by atoms with Gasteiger partial charge in [0, 0.05) is 11.4 Å². The molecule has 4 N–H and O–H groups in total. The number of allylic oxidation sites excluding steroid dienone is 1. The van der Waals surface area contributed by atoms with Crippen molar-refractivity contribution >= 4 is 23.6 Å². The molecule has 0 radical (unpaired) electrons. The van der Waals surface area contributed by atoms with Crippen LogP contribution in [-0.4, -0.2) is 36.7 Å². The quantitative estimate of drug-likeness (QED) is 0.554. The van der Waals surface area contributed by atoms with Crippen LogP contribution in [-0.2, 0) is 9.59 Å². The van der Waals surface area contributed by atoms with E-state index in [2.05, 4.69) is 16.0 Å². The van der Waals surface area contributed by atoms with Gasteiger partial charge in [-0.2, -0.15) is 0 Å². The van der Waals surface area contributed by atoms with Gasteiger partial charge in [0.15, 0.2) is 18.1 Å². The Morgan fingerprint density at radius 1 is 1.13 bits per heavy atom. The Balaban J connectivity index is 1.93. The first kappa shape index (κ1) is 20.7. The second-order valence-electron chi connectivity index (χ2n) is 6.48. The van der Waals surface area contributed by atoms with Gasteiger partial charge in [0.05, 0.1) is 18.7 Å². The number of benzene rings is 2. The van der Waals surface area contributed by atoms with Crippen LogP contribution in [0.1, 0.15) is 18.5 Å². The smallest absolute Gasteiger partial charge is 0.341 e. The molecule has 0 aliphatic carbocycles. The molecule has 1 aliphatic rings. The lowest BCUT2D eigenvalue weighted by atomic mass is 9.94. The predicted octanol–water partition coefficient (Wildman–Crippen LogP) is 2.43. The fourth-order valence-corrected chi connectivity index (χ4v) is 3.09. The van der Waals surface area contributed by atoms with Crippen LogP contribution in [0.4, 0.5) is 10.5 Å². The summed E-state index contributed by atoms with van der Waals surface area (Å²) in [5.74, 6) is -0.978. The maximum atomic E-state index is 13.0. The van der Waals surface area contributed by atoms with Gasteiger partial charge in [-0.1, -0.05) is 24.3 Å². The van der Waals surface area contributed by atoms with Crippen LogP contribution in [0.2, 0.25) is 0 Å². The maximum absolute atomic E-state index is 13.0. The van der Waals surface area contributed by atoms with Gasteiger partial charge in [0.25, 0.3) is 5.91 Å². The van der Waals surface area contributed by atoms with Crippen molar-refractivity contribution in [1.29, 1.82) is 0 Å². The molecular weight excluding hydrogens is 390 g/mol. The first-order valence-electron chi connectivity index (χ1n) is 9.06. The Morgan fingerprint density at radius 3 is 2.53 bits per heavy atom. The van der Waals surface area contributed by atoms with E-state index in [0.29, 0.717) is 22.5 Å². The Labute approximate surface area is 172 Å². The molecule has 9 heteroatoms. The molecule has 0 spiro atoms. The van der Waals surface area contributed by atoms with Crippen molar-refractivity contribution in [3.63, 3.8) is 0 Å². The highest BCUT2D eigenvalue weighted by Crippen LogP contribution is 2.34. The number of urea groups is 1. The monoisotopic (exact) mass is 411 g/mol. The van der Waals surface area contributed by atoms with E-state index in [1.54, 1.807) is 43.3 Å². The molecule has 0 saturated carbocycles. The van der Waals surface area contributed by atoms with Gasteiger partial charge in [-0.05, 0) is 36.8 Å². The van der Waals surface area contributed by atoms with Gasteiger partial charge in [-0.15, -0.1) is 0 Å². The van der Waals surface area contributed by atoms with Gasteiger partial charge >= 0.3 is 12.0 Å². The summed E-state index contributed by atoms with van der Waals surface area (Å²) in [4.78, 5) is 35.8. The van der Waals surface area contributed by atoms with E-state index in [-0.39, 0.29) is 17.4 Å². The molecule has 156 valence electrons. The third-order valence-electron chi connectivity index (χ3n) is 4.42. The van der Waals surface area contributed by atoms with E-state index < -0.39 is 24.6 Å². The Kier molecular flexibility index (Phi) is 6.21. The Hall–Kier alpha value is -4.01. The summed E-state index contributed by atoms with van der Waals surface area (Å²) in [6.07, 6.45) is 0. The van der Waals surface area contributed by atoms with E-state index >= 15 is 0 Å². The van der Waals surface area contributed by atoms with Crippen LogP contribution in [0.5, 0.6) is 11.5 Å². The number of methoxy groups -OCH3 is 1. The minimum absolute atomic E-state index is 0.236. The first-order chi connectivity index (χ1) is 14.4. The number of anilines is 1. The first-order valence-corrected chi connectivity index (χ1v) is 9.06. The fourth-order valence-electron chi connectivity index (χ4n) is 3.09. The van der Waals surface area contributed by atoms with Gasteiger partial charge in [-0.3, -0.25) is 4.79 Å². The number of para-hydroxylation sites is 1. The number of amides is 3. The highest BCUT2D eigenvalue weighted by Gasteiger charge is 2.31. The summed E-state index contributed by atoms with van der Waals surface area (Å²) in [6, 6.07) is 12.5. The summed E-state index contributed by atoms with van der Waals surface area (Å²) >= 11 is 0. The van der Waals surface area contributed by atoms with E-state index in [0.717, 1.165) is 0 Å². The minimum atomic E-state index is -1.12. The molecule has 2 aromatic carbocycles. The molecule has 1 aliphatic heterocycles. The number of carbonyl (C=O) groups is 3. The number of carboxylic acids is 1. The van der Waals surface area contributed by atoms with Gasteiger partial charge in [0.2, 0.25) is 0 Å². The third-order valence-corrected chi connectivity index (χ3v) is 4.42. The number of carbonyl (C=O) groups excluding carboxylic acids is 2. The Bertz CT molecular complexity index is 1000. The van der Waals surface area contributed by atoms with Crippen LogP contribution >= 0.6 is 0 Å². The standard InChI is InChI=1S/C21H21N3O6/c1-12-18(20(27)23-14-6-4-3-5-7-14)19(24-21(28)22-12)13-8-9-15(16(10-13)29-2)30-11-17(25)26/h3-10,19H,11H2,1-2H3,(H,23,27)(H,25,26)(H2,22,24,28)/t19-/m1/s1. The summed E-state index contributed by atoms with van der Waals surface area (Å²) in [5.41, 5.74) is 1.94. The third kappa shape index (κ3) is 4.69. The predicted molar refractivity (Wildman–Crippen MR) is 108 cm³/mol. The van der Waals surface area contributed by atoms with Crippen molar-refractivity contribution in [3.05, 3.63) is 65.4 Å². The van der Waals surface area contributed by atoms with Crippen LogP contribution < -0.4 is 25.4 Å². The average molecular weight is 411 g/mol. The molecule has 1 heterocycles. The molecule has 0 unspecified atom stereocenters. The molecule has 0 aromatic heterocycles. The molecule has 0 fully saturated rings. The lowest BCUT2D eigenvalue weighted by Gasteiger charge is -2.29. The largest absolute Gasteiger partial charge is 0.493 e. The van der Waals surface area contributed by atoms with Crippen LogP contribution in [0.15, 0.2) is 59.8 Å². The minimum Gasteiger partial charge on any atom is -0.493 e. The second-order valence-corrected chi connectivity index (χ2v) is 6.48. The number of rotatable bonds is 7. The van der Waals surface area contributed by atoms with Crippen molar-refractivity contribution in [2.45, 2.75) is 13.0 Å². The molecule has 30 heavy (non-hydrogen) atoms. The number of aliphatic carboxylic acids is 1. The lowest BCUT2D eigenvalue weighted by Crippen LogP contribution is -2.46. The van der Waals surface area contributed by atoms with Crippen LogP contribution in [0, 0.1) is 0 Å². The second kappa shape index (κ2) is 8.99. The molecule has 3 rings (SSSR count). The zero-order chi connectivity index (χ0) is 21.7. The van der Waals surface area contributed by atoms with Gasteiger partial charge in [0.1, 0.15) is 0 Å². The molecule has 1 atom stereocenters. The van der Waals surface area contributed by atoms with Crippen molar-refractivity contribution in [3.8, 4) is 11.5 Å². The van der Waals surface area contributed by atoms with E-state index in [4.69, 9.17) is 14.6 Å². The molecule has 3 amide bonds. The van der Waals surface area contributed by atoms with Crippen LogP contribution in [0.3, 0.4) is 0 Å². The zero-order valence-corrected chi connectivity index (χ0v) is 16.4. The van der Waals surface area contributed by atoms with Gasteiger partial charge < -0.3 is 30.5 Å². The average Bonchev–Trinajstić information content (AvgIpc) is 2.72. The molecule has 9 nitrogen and oxygen atoms in total. The van der Waals surface area contributed by atoms with Crippen molar-refractivity contribution in [2.24, 2.45) is 0 Å². The van der Waals surface area contributed by atoms with E-state index in [1.807, 2.05) is 6.07 Å². The fraction of sp³-hybridized carbons (Fsp3) is 0.190. The van der Waals surface area contributed by atoms with Crippen LogP contribution in [0.25, 0.3) is 0 Å². The molecular formula is C21H21N3O6. The van der Waals surface area contributed by atoms with Crippen molar-refractivity contribution in [2.75, 3.05) is 19.0 Å². The molecule has 0 bridgehead atoms. The molecule has 0 saturated heterocycles. The lowest BCUT2D eigenvalue weighted by molar-refractivity contribution is -0.139. The number of ether oxygens (including phenoxy) is 2. The maximum Gasteiger partial charge on any atom is 0.341 e. The summed E-state index contributed by atoms with van der Waals surface area (Å²) < 4.78 is 10.5. The van der Waals surface area contributed by atoms with Crippen molar-refractivity contribution in [1.82, 2.24) is 10.6 Å². The molecule has 2 aromatic rings. The number of nitrogens with one attached hydrogen (secondary N) is 3. The number of hydrogen-bond acceptors (Lipinski definition) is 5. The normalized spacial score (nSPS) is 15.7. The van der Waals surface area contributed by atoms with Crippen molar-refractivity contribution < 1.29 is 29.0 Å². The highest BCUT2D eigenvalue weighted by molar-refractivity contribution is 6.06. The number of carboxylic acid groups (broad SMARTS) is 1. The van der Waals surface area contributed by atoms with Gasteiger partial charge in [-0.25, -0.2) is 9.59 Å². The Morgan fingerprint density at radius 2 is 1.87 bits per heavy atom. The topological polar surface area (TPSA) is 126 Å². The summed E-state index contributed by atoms with van der Waals surface area (Å²) in [6.45, 7) is 1.12.